The number of halogens is 1. The normalized spacial score (nSPS) is 10.5. The molecule has 17 heavy (non-hydrogen) atoms. The second-order valence-corrected chi connectivity index (χ2v) is 6.45. The van der Waals surface area contributed by atoms with E-state index >= 15 is 0 Å². The van der Waals surface area contributed by atoms with Gasteiger partial charge in [-0.25, -0.2) is 0 Å². The van der Waals surface area contributed by atoms with Crippen molar-refractivity contribution in [2.75, 3.05) is 6.54 Å². The van der Waals surface area contributed by atoms with Gasteiger partial charge in [-0.2, -0.15) is 0 Å². The summed E-state index contributed by atoms with van der Waals surface area (Å²) in [4.78, 5) is 11.7. The minimum absolute atomic E-state index is 0.0421. The summed E-state index contributed by atoms with van der Waals surface area (Å²) >= 11 is 4.90. The van der Waals surface area contributed by atoms with Crippen LogP contribution in [-0.2, 0) is 0 Å². The Labute approximate surface area is 116 Å². The number of hydrogen-bond donors (Lipinski definition) is 1. The number of rotatable bonds is 8. The molecular weight excluding hydrogens is 298 g/mol. The predicted molar refractivity (Wildman–Crippen MR) is 77.7 cm³/mol. The van der Waals surface area contributed by atoms with E-state index in [1.807, 2.05) is 11.4 Å². The second-order valence-electron chi connectivity index (χ2n) is 4.16. The van der Waals surface area contributed by atoms with Gasteiger partial charge in [-0.05, 0) is 28.4 Å². The molecule has 1 aromatic rings. The summed E-state index contributed by atoms with van der Waals surface area (Å²) in [6.45, 7) is 3.01. The van der Waals surface area contributed by atoms with Crippen LogP contribution in [0.25, 0.3) is 0 Å². The van der Waals surface area contributed by atoms with E-state index in [1.54, 1.807) is 11.3 Å². The van der Waals surface area contributed by atoms with Crippen LogP contribution < -0.4 is 5.32 Å². The van der Waals surface area contributed by atoms with E-state index in [0.29, 0.717) is 0 Å². The fourth-order valence-electron chi connectivity index (χ4n) is 1.64. The van der Waals surface area contributed by atoms with Crippen LogP contribution in [-0.4, -0.2) is 12.5 Å². The van der Waals surface area contributed by atoms with Gasteiger partial charge in [0.25, 0.3) is 5.91 Å². The van der Waals surface area contributed by atoms with Gasteiger partial charge in [-0.15, -0.1) is 11.3 Å². The van der Waals surface area contributed by atoms with Crippen LogP contribution in [0.1, 0.15) is 55.8 Å². The molecule has 1 rings (SSSR count). The van der Waals surface area contributed by atoms with Crippen molar-refractivity contribution in [3.8, 4) is 0 Å². The topological polar surface area (TPSA) is 29.1 Å². The molecule has 2 nitrogen and oxygen atoms in total. The SMILES string of the molecule is CCCCCCCCNC(=O)c1csc(Br)c1. The Morgan fingerprint density at radius 3 is 2.65 bits per heavy atom. The first-order valence-corrected chi connectivity index (χ1v) is 7.93. The number of thiophene rings is 1. The Morgan fingerprint density at radius 1 is 1.29 bits per heavy atom. The van der Waals surface area contributed by atoms with E-state index in [4.69, 9.17) is 0 Å². The van der Waals surface area contributed by atoms with E-state index in [2.05, 4.69) is 28.2 Å². The molecular formula is C13H20BrNOS. The smallest absolute Gasteiger partial charge is 0.252 e. The van der Waals surface area contributed by atoms with Gasteiger partial charge in [0.2, 0.25) is 0 Å². The lowest BCUT2D eigenvalue weighted by molar-refractivity contribution is 0.0953. The fourth-order valence-corrected chi connectivity index (χ4v) is 2.78. The first kappa shape index (κ1) is 14.7. The third-order valence-electron chi connectivity index (χ3n) is 2.65. The van der Waals surface area contributed by atoms with Crippen LogP contribution in [0.3, 0.4) is 0 Å². The molecule has 0 aliphatic heterocycles. The van der Waals surface area contributed by atoms with Crippen molar-refractivity contribution in [2.24, 2.45) is 0 Å². The number of amides is 1. The second kappa shape index (κ2) is 8.70. The maximum atomic E-state index is 11.7. The summed E-state index contributed by atoms with van der Waals surface area (Å²) in [6.07, 6.45) is 7.52. The molecule has 0 aliphatic carbocycles. The molecule has 1 N–H and O–H groups in total. The molecule has 0 aromatic carbocycles. The van der Waals surface area contributed by atoms with Crippen molar-refractivity contribution >= 4 is 33.2 Å². The summed E-state index contributed by atoms with van der Waals surface area (Å²) in [5.41, 5.74) is 0.757. The lowest BCUT2D eigenvalue weighted by atomic mass is 10.1. The Morgan fingerprint density at radius 2 is 2.00 bits per heavy atom. The standard InChI is InChI=1S/C13H20BrNOS/c1-2-3-4-5-6-7-8-15-13(16)11-9-12(14)17-10-11/h9-10H,2-8H2,1H3,(H,15,16). The van der Waals surface area contributed by atoms with Crippen molar-refractivity contribution < 1.29 is 4.79 Å². The van der Waals surface area contributed by atoms with Crippen LogP contribution >= 0.6 is 27.3 Å². The summed E-state index contributed by atoms with van der Waals surface area (Å²) in [5, 5.41) is 4.83. The number of unbranched alkanes of at least 4 members (excludes halogenated alkanes) is 5. The number of carbonyl (C=O) groups is 1. The number of nitrogens with one attached hydrogen (secondary N) is 1. The van der Waals surface area contributed by atoms with Crippen LogP contribution in [0.15, 0.2) is 15.2 Å². The summed E-state index contributed by atoms with van der Waals surface area (Å²) in [7, 11) is 0. The minimum Gasteiger partial charge on any atom is -0.352 e. The quantitative estimate of drug-likeness (QED) is 0.697. The molecule has 1 amide bonds. The van der Waals surface area contributed by atoms with E-state index in [9.17, 15) is 4.79 Å². The van der Waals surface area contributed by atoms with E-state index in [1.165, 1.54) is 32.1 Å². The average Bonchev–Trinajstić information content (AvgIpc) is 2.74. The summed E-state index contributed by atoms with van der Waals surface area (Å²) < 4.78 is 1.00. The van der Waals surface area contributed by atoms with Crippen molar-refractivity contribution in [3.05, 3.63) is 20.8 Å². The van der Waals surface area contributed by atoms with Crippen LogP contribution in [0.2, 0.25) is 0 Å². The largest absolute Gasteiger partial charge is 0.352 e. The molecule has 0 atom stereocenters. The number of carbonyl (C=O) groups excluding carboxylic acids is 1. The average molecular weight is 318 g/mol. The summed E-state index contributed by atoms with van der Waals surface area (Å²) in [5.74, 6) is 0.0421. The number of hydrogen-bond acceptors (Lipinski definition) is 2. The van der Waals surface area contributed by atoms with Gasteiger partial charge in [-0.3, -0.25) is 4.79 Å². The Kier molecular flexibility index (Phi) is 7.53. The zero-order valence-corrected chi connectivity index (χ0v) is 12.7. The van der Waals surface area contributed by atoms with Gasteiger partial charge in [-0.1, -0.05) is 39.0 Å². The van der Waals surface area contributed by atoms with Gasteiger partial charge in [0.1, 0.15) is 0 Å². The molecule has 0 radical (unpaired) electrons. The highest BCUT2D eigenvalue weighted by Gasteiger charge is 2.06. The molecule has 96 valence electrons. The molecule has 0 fully saturated rings. The molecule has 0 aliphatic rings. The fraction of sp³-hybridized carbons (Fsp3) is 0.615. The van der Waals surface area contributed by atoms with Gasteiger partial charge in [0, 0.05) is 11.9 Å². The van der Waals surface area contributed by atoms with E-state index in [-0.39, 0.29) is 5.91 Å². The minimum atomic E-state index is 0.0421. The molecule has 4 heteroatoms. The highest BCUT2D eigenvalue weighted by molar-refractivity contribution is 9.11. The van der Waals surface area contributed by atoms with Crippen molar-refractivity contribution in [3.63, 3.8) is 0 Å². The van der Waals surface area contributed by atoms with Crippen LogP contribution in [0.4, 0.5) is 0 Å². The van der Waals surface area contributed by atoms with Crippen molar-refractivity contribution in [1.29, 1.82) is 0 Å². The lowest BCUT2D eigenvalue weighted by Gasteiger charge is -2.03. The highest BCUT2D eigenvalue weighted by Crippen LogP contribution is 2.20. The zero-order chi connectivity index (χ0) is 12.5. The Bertz CT molecular complexity index is 338. The predicted octanol–water partition coefficient (Wildman–Crippen LogP) is 4.60. The lowest BCUT2D eigenvalue weighted by Crippen LogP contribution is -2.23. The zero-order valence-electron chi connectivity index (χ0n) is 10.3. The van der Waals surface area contributed by atoms with Gasteiger partial charge >= 0.3 is 0 Å². The molecule has 0 bridgehead atoms. The maximum absolute atomic E-state index is 11.7. The maximum Gasteiger partial charge on any atom is 0.252 e. The molecule has 1 aromatic heterocycles. The van der Waals surface area contributed by atoms with Gasteiger partial charge in [0.15, 0.2) is 0 Å². The molecule has 0 spiro atoms. The van der Waals surface area contributed by atoms with Gasteiger partial charge in [0.05, 0.1) is 9.35 Å². The monoisotopic (exact) mass is 317 g/mol. The third kappa shape index (κ3) is 6.22. The van der Waals surface area contributed by atoms with Gasteiger partial charge < -0.3 is 5.32 Å². The van der Waals surface area contributed by atoms with Crippen LogP contribution in [0, 0.1) is 0 Å². The summed E-state index contributed by atoms with van der Waals surface area (Å²) in [6, 6.07) is 1.86. The highest BCUT2D eigenvalue weighted by atomic mass is 79.9. The molecule has 0 saturated heterocycles. The molecule has 1 heterocycles. The van der Waals surface area contributed by atoms with Crippen LogP contribution in [0.5, 0.6) is 0 Å². The first-order valence-electron chi connectivity index (χ1n) is 6.26. The van der Waals surface area contributed by atoms with E-state index in [0.717, 1.165) is 22.3 Å². The Balaban J connectivity index is 2.05. The van der Waals surface area contributed by atoms with Crippen molar-refractivity contribution in [1.82, 2.24) is 5.32 Å². The first-order chi connectivity index (χ1) is 8.24. The molecule has 0 unspecified atom stereocenters. The third-order valence-corrected chi connectivity index (χ3v) is 4.15. The van der Waals surface area contributed by atoms with Crippen molar-refractivity contribution in [2.45, 2.75) is 45.4 Å². The molecule has 0 saturated carbocycles. The van der Waals surface area contributed by atoms with E-state index < -0.39 is 0 Å². The Hall–Kier alpha value is -0.350.